The number of hydrogen-bond donors (Lipinski definition) is 2. The summed E-state index contributed by atoms with van der Waals surface area (Å²) in [5.74, 6) is -0.209. The van der Waals surface area contributed by atoms with Gasteiger partial charge in [-0.15, -0.1) is 0 Å². The number of benzene rings is 1. The third-order valence-corrected chi connectivity index (χ3v) is 3.20. The number of nitrogens with zero attached hydrogens (tertiary/aromatic N) is 1. The predicted octanol–water partition coefficient (Wildman–Crippen LogP) is 0.733. The van der Waals surface area contributed by atoms with Crippen LogP contribution in [0.1, 0.15) is 6.42 Å². The van der Waals surface area contributed by atoms with E-state index in [9.17, 15) is 8.42 Å². The molecule has 0 unspecified atom stereocenters. The molecule has 2 aromatic rings. The van der Waals surface area contributed by atoms with E-state index in [1.165, 1.54) is 0 Å². The van der Waals surface area contributed by atoms with Crippen LogP contribution < -0.4 is 4.57 Å². The molecule has 0 radical (unpaired) electrons. The number of aromatic amines is 1. The molecule has 2 N–H and O–H groups in total. The minimum absolute atomic E-state index is 0.209. The second-order valence-corrected chi connectivity index (χ2v) is 5.20. The lowest BCUT2D eigenvalue weighted by Crippen LogP contribution is -2.32. The van der Waals surface area contributed by atoms with Gasteiger partial charge in [-0.05, 0) is 12.1 Å². The number of H-pyrrole nitrogens is 1. The van der Waals surface area contributed by atoms with Crippen LogP contribution in [0.4, 0.5) is 0 Å². The zero-order valence-electron chi connectivity index (χ0n) is 8.63. The standard InChI is InChI=1S/C10H12N2O3S/c13-16(14,15)7-3-6-12-8-11-9-4-1-2-5-10(9)12/h1-2,4-5,8H,3,6-7H2,(H,13,14,15)/p+1. The van der Waals surface area contributed by atoms with Crippen molar-refractivity contribution in [2.75, 3.05) is 5.75 Å². The summed E-state index contributed by atoms with van der Waals surface area (Å²) in [6.07, 6.45) is 2.19. The third-order valence-electron chi connectivity index (χ3n) is 2.39. The van der Waals surface area contributed by atoms with Gasteiger partial charge < -0.3 is 0 Å². The first-order chi connectivity index (χ1) is 7.56. The van der Waals surface area contributed by atoms with E-state index in [1.54, 1.807) is 6.33 Å². The molecule has 0 bridgehead atoms. The summed E-state index contributed by atoms with van der Waals surface area (Å²) < 4.78 is 31.7. The maximum atomic E-state index is 10.6. The molecule has 86 valence electrons. The summed E-state index contributed by atoms with van der Waals surface area (Å²) in [6.45, 7) is 0.559. The lowest BCUT2D eigenvalue weighted by molar-refractivity contribution is -0.671. The Morgan fingerprint density at radius 1 is 1.31 bits per heavy atom. The van der Waals surface area contributed by atoms with Crippen molar-refractivity contribution < 1.29 is 17.5 Å². The monoisotopic (exact) mass is 241 g/mol. The number of imidazole rings is 1. The summed E-state index contributed by atoms with van der Waals surface area (Å²) in [5, 5.41) is 0. The molecule has 0 aliphatic heterocycles. The third kappa shape index (κ3) is 2.59. The maximum Gasteiger partial charge on any atom is 0.265 e. The molecule has 0 spiro atoms. The topological polar surface area (TPSA) is 74.0 Å². The molecule has 6 heteroatoms. The fourth-order valence-corrected chi connectivity index (χ4v) is 2.16. The Balaban J connectivity index is 2.10. The predicted molar refractivity (Wildman–Crippen MR) is 59.5 cm³/mol. The van der Waals surface area contributed by atoms with Gasteiger partial charge in [-0.25, -0.2) is 9.55 Å². The van der Waals surface area contributed by atoms with Gasteiger partial charge in [0.1, 0.15) is 0 Å². The molecule has 2 rings (SSSR count). The summed E-state index contributed by atoms with van der Waals surface area (Å²) in [4.78, 5) is 3.09. The van der Waals surface area contributed by atoms with Crippen LogP contribution in [0.15, 0.2) is 30.6 Å². The number of para-hydroxylation sites is 2. The van der Waals surface area contributed by atoms with Gasteiger partial charge >= 0.3 is 0 Å². The van der Waals surface area contributed by atoms with E-state index >= 15 is 0 Å². The maximum absolute atomic E-state index is 10.6. The average Bonchev–Trinajstić information content (AvgIpc) is 2.60. The van der Waals surface area contributed by atoms with Gasteiger partial charge in [0, 0.05) is 6.42 Å². The van der Waals surface area contributed by atoms with Crippen molar-refractivity contribution in [3.63, 3.8) is 0 Å². The zero-order valence-corrected chi connectivity index (χ0v) is 9.44. The molecule has 16 heavy (non-hydrogen) atoms. The van der Waals surface area contributed by atoms with E-state index < -0.39 is 10.1 Å². The Kier molecular flexibility index (Phi) is 2.93. The van der Waals surface area contributed by atoms with E-state index in [1.807, 2.05) is 28.8 Å². The number of nitrogens with one attached hydrogen (secondary N) is 1. The number of fused-ring (bicyclic) bond motifs is 1. The van der Waals surface area contributed by atoms with Crippen LogP contribution in [0.2, 0.25) is 0 Å². The molecule has 1 aromatic heterocycles. The molecule has 0 amide bonds. The first kappa shape index (κ1) is 11.1. The van der Waals surface area contributed by atoms with Crippen LogP contribution >= 0.6 is 0 Å². The first-order valence-corrected chi connectivity index (χ1v) is 6.58. The van der Waals surface area contributed by atoms with Crippen molar-refractivity contribution in [3.8, 4) is 0 Å². The Hall–Kier alpha value is -1.40. The van der Waals surface area contributed by atoms with Gasteiger partial charge in [0.2, 0.25) is 6.33 Å². The molecule has 0 fully saturated rings. The van der Waals surface area contributed by atoms with Crippen LogP contribution in [0.5, 0.6) is 0 Å². The molecule has 0 aliphatic carbocycles. The van der Waals surface area contributed by atoms with Crippen molar-refractivity contribution >= 4 is 21.2 Å². The fraction of sp³-hybridized carbons (Fsp3) is 0.300. The van der Waals surface area contributed by atoms with Crippen molar-refractivity contribution in [1.82, 2.24) is 4.98 Å². The number of aromatic nitrogens is 2. The van der Waals surface area contributed by atoms with E-state index in [4.69, 9.17) is 4.55 Å². The number of aryl methyl sites for hydroxylation is 1. The van der Waals surface area contributed by atoms with E-state index in [0.29, 0.717) is 13.0 Å². The van der Waals surface area contributed by atoms with Crippen molar-refractivity contribution in [3.05, 3.63) is 30.6 Å². The molecule has 1 aromatic carbocycles. The fourth-order valence-electron chi connectivity index (χ4n) is 1.67. The van der Waals surface area contributed by atoms with Crippen LogP contribution in [-0.2, 0) is 16.7 Å². The van der Waals surface area contributed by atoms with Crippen molar-refractivity contribution in [2.24, 2.45) is 0 Å². The molecule has 5 nitrogen and oxygen atoms in total. The SMILES string of the molecule is O=S(=O)(O)CCC[n+]1c[nH]c2ccccc21. The normalized spacial score (nSPS) is 12.1. The second kappa shape index (κ2) is 4.23. The Morgan fingerprint density at radius 2 is 2.06 bits per heavy atom. The van der Waals surface area contributed by atoms with Crippen molar-refractivity contribution in [1.29, 1.82) is 0 Å². The Morgan fingerprint density at radius 3 is 2.81 bits per heavy atom. The minimum Gasteiger partial charge on any atom is -0.286 e. The molecule has 0 saturated carbocycles. The average molecular weight is 241 g/mol. The second-order valence-electron chi connectivity index (χ2n) is 3.62. The minimum atomic E-state index is -3.85. The highest BCUT2D eigenvalue weighted by Crippen LogP contribution is 2.05. The van der Waals surface area contributed by atoms with Crippen LogP contribution in [0.25, 0.3) is 11.0 Å². The molecule has 0 atom stereocenters. The lowest BCUT2D eigenvalue weighted by atomic mass is 10.3. The van der Waals surface area contributed by atoms with E-state index in [-0.39, 0.29) is 5.75 Å². The quantitative estimate of drug-likeness (QED) is 0.612. The van der Waals surface area contributed by atoms with Gasteiger partial charge in [-0.1, -0.05) is 12.1 Å². The van der Waals surface area contributed by atoms with Crippen LogP contribution in [0.3, 0.4) is 0 Å². The highest BCUT2D eigenvalue weighted by Gasteiger charge is 2.10. The molecule has 0 saturated heterocycles. The van der Waals surface area contributed by atoms with Gasteiger partial charge in [0.25, 0.3) is 10.1 Å². The summed E-state index contributed by atoms with van der Waals surface area (Å²) in [7, 11) is -3.85. The summed E-state index contributed by atoms with van der Waals surface area (Å²) in [5.41, 5.74) is 2.03. The number of hydrogen-bond acceptors (Lipinski definition) is 2. The van der Waals surface area contributed by atoms with E-state index in [2.05, 4.69) is 4.98 Å². The molecular formula is C10H13N2O3S+. The molecular weight excluding hydrogens is 228 g/mol. The highest BCUT2D eigenvalue weighted by molar-refractivity contribution is 7.85. The van der Waals surface area contributed by atoms with Crippen LogP contribution in [-0.4, -0.2) is 23.7 Å². The first-order valence-electron chi connectivity index (χ1n) is 4.97. The lowest BCUT2D eigenvalue weighted by Gasteiger charge is -1.96. The zero-order chi connectivity index (χ0) is 11.6. The highest BCUT2D eigenvalue weighted by atomic mass is 32.2. The van der Waals surface area contributed by atoms with Gasteiger partial charge in [-0.3, -0.25) is 4.55 Å². The number of rotatable bonds is 4. The van der Waals surface area contributed by atoms with Gasteiger partial charge in [0.05, 0.1) is 12.3 Å². The largest absolute Gasteiger partial charge is 0.286 e. The molecule has 1 heterocycles. The smallest absolute Gasteiger partial charge is 0.265 e. The van der Waals surface area contributed by atoms with Crippen LogP contribution in [0, 0.1) is 0 Å². The van der Waals surface area contributed by atoms with Gasteiger partial charge in [0.15, 0.2) is 11.0 Å². The van der Waals surface area contributed by atoms with Crippen molar-refractivity contribution in [2.45, 2.75) is 13.0 Å². The summed E-state index contributed by atoms with van der Waals surface area (Å²) in [6, 6.07) is 7.77. The Bertz CT molecular complexity index is 589. The van der Waals surface area contributed by atoms with Gasteiger partial charge in [-0.2, -0.15) is 8.42 Å². The van der Waals surface area contributed by atoms with E-state index in [0.717, 1.165) is 11.0 Å². The molecule has 0 aliphatic rings. The Labute approximate surface area is 93.5 Å². The summed E-state index contributed by atoms with van der Waals surface area (Å²) >= 11 is 0.